The molecule has 0 radical (unpaired) electrons. The fraction of sp³-hybridized carbons (Fsp3) is 0.588. The van der Waals surface area contributed by atoms with Crippen molar-refractivity contribution in [1.82, 2.24) is 0 Å². The van der Waals surface area contributed by atoms with Crippen LogP contribution >= 0.6 is 0 Å². The minimum absolute atomic E-state index is 0.162. The number of benzene rings is 1. The molecule has 0 bridgehead atoms. The van der Waals surface area contributed by atoms with Crippen molar-refractivity contribution in [3.8, 4) is 0 Å². The normalized spacial score (nSPS) is 12.1. The van der Waals surface area contributed by atoms with Crippen LogP contribution in [-0.4, -0.2) is 18.1 Å². The summed E-state index contributed by atoms with van der Waals surface area (Å²) in [6.07, 6.45) is 0.373. The van der Waals surface area contributed by atoms with Crippen molar-refractivity contribution < 1.29 is 9.53 Å². The van der Waals surface area contributed by atoms with Crippen LogP contribution in [0.5, 0.6) is 0 Å². The van der Waals surface area contributed by atoms with E-state index in [9.17, 15) is 4.79 Å². The maximum absolute atomic E-state index is 11.6. The minimum Gasteiger partial charge on any atom is -0.460 e. The molecule has 1 N–H and O–H groups in total. The summed E-state index contributed by atoms with van der Waals surface area (Å²) in [6.45, 7) is 12.8. The van der Waals surface area contributed by atoms with Gasteiger partial charge in [0.2, 0.25) is 0 Å². The molecule has 1 aromatic rings. The van der Waals surface area contributed by atoms with E-state index in [1.807, 2.05) is 20.8 Å². The first kappa shape index (κ1) is 16.5. The van der Waals surface area contributed by atoms with Crippen LogP contribution in [0, 0.1) is 0 Å². The first-order valence-electron chi connectivity index (χ1n) is 7.14. The van der Waals surface area contributed by atoms with Crippen molar-refractivity contribution in [2.75, 3.05) is 11.9 Å². The van der Waals surface area contributed by atoms with E-state index in [2.05, 4.69) is 50.4 Å². The molecular weight excluding hydrogens is 250 g/mol. The molecule has 20 heavy (non-hydrogen) atoms. The monoisotopic (exact) mass is 277 g/mol. The quantitative estimate of drug-likeness (QED) is 0.841. The molecule has 0 aliphatic rings. The van der Waals surface area contributed by atoms with Gasteiger partial charge in [-0.15, -0.1) is 0 Å². The molecule has 112 valence electrons. The van der Waals surface area contributed by atoms with Gasteiger partial charge in [-0.05, 0) is 43.9 Å². The Hall–Kier alpha value is -1.51. The van der Waals surface area contributed by atoms with E-state index in [1.165, 1.54) is 5.56 Å². The highest BCUT2D eigenvalue weighted by Crippen LogP contribution is 2.23. The Labute approximate surface area is 122 Å². The summed E-state index contributed by atoms with van der Waals surface area (Å²) in [4.78, 5) is 11.6. The molecule has 0 spiro atoms. The van der Waals surface area contributed by atoms with Gasteiger partial charge in [0.1, 0.15) is 5.60 Å². The molecular formula is C17H27NO2. The van der Waals surface area contributed by atoms with Crippen LogP contribution in [0.25, 0.3) is 0 Å². The van der Waals surface area contributed by atoms with E-state index >= 15 is 0 Å². The first-order valence-corrected chi connectivity index (χ1v) is 7.14. The lowest BCUT2D eigenvalue weighted by Gasteiger charge is -2.20. The molecule has 3 nitrogen and oxygen atoms in total. The maximum Gasteiger partial charge on any atom is 0.308 e. The Balaban J connectivity index is 2.42. The van der Waals surface area contributed by atoms with Crippen LogP contribution in [0.1, 0.15) is 53.5 Å². The molecule has 0 saturated heterocycles. The number of rotatable bonds is 4. The number of nitrogens with one attached hydrogen (secondary N) is 1. The zero-order valence-corrected chi connectivity index (χ0v) is 13.5. The first-order chi connectivity index (χ1) is 9.08. The van der Waals surface area contributed by atoms with Crippen molar-refractivity contribution in [3.05, 3.63) is 29.8 Å². The third-order valence-electron chi connectivity index (χ3n) is 2.83. The molecule has 3 heteroatoms. The number of carbonyl (C=O) groups excluding carboxylic acids is 1. The zero-order chi connectivity index (χ0) is 15.4. The fourth-order valence-electron chi connectivity index (χ4n) is 1.79. The fourth-order valence-corrected chi connectivity index (χ4v) is 1.79. The Morgan fingerprint density at radius 3 is 2.05 bits per heavy atom. The second-order valence-electron chi connectivity index (χ2n) is 7.09. The van der Waals surface area contributed by atoms with E-state index in [0.29, 0.717) is 13.0 Å². The van der Waals surface area contributed by atoms with Crippen LogP contribution in [0.4, 0.5) is 5.69 Å². The number of hydrogen-bond acceptors (Lipinski definition) is 3. The van der Waals surface area contributed by atoms with E-state index < -0.39 is 5.60 Å². The molecule has 1 rings (SSSR count). The average Bonchev–Trinajstić information content (AvgIpc) is 2.26. The second-order valence-corrected chi connectivity index (χ2v) is 7.09. The molecule has 0 heterocycles. The van der Waals surface area contributed by atoms with Crippen molar-refractivity contribution in [3.63, 3.8) is 0 Å². The molecule has 0 saturated carbocycles. The van der Waals surface area contributed by atoms with E-state index in [-0.39, 0.29) is 11.4 Å². The Bertz CT molecular complexity index is 436. The van der Waals surface area contributed by atoms with Crippen LogP contribution in [0.2, 0.25) is 0 Å². The zero-order valence-electron chi connectivity index (χ0n) is 13.5. The van der Waals surface area contributed by atoms with Crippen molar-refractivity contribution in [2.45, 2.75) is 59.0 Å². The van der Waals surface area contributed by atoms with Gasteiger partial charge in [-0.25, -0.2) is 0 Å². The maximum atomic E-state index is 11.6. The van der Waals surface area contributed by atoms with Gasteiger partial charge in [0.05, 0.1) is 6.42 Å². The molecule has 0 fully saturated rings. The molecule has 0 aliphatic carbocycles. The summed E-state index contributed by atoms with van der Waals surface area (Å²) < 4.78 is 5.26. The third kappa shape index (κ3) is 6.09. The van der Waals surface area contributed by atoms with Crippen molar-refractivity contribution in [2.24, 2.45) is 0 Å². The Kier molecular flexibility index (Phi) is 5.21. The summed E-state index contributed by atoms with van der Waals surface area (Å²) in [5.74, 6) is -0.170. The summed E-state index contributed by atoms with van der Waals surface area (Å²) in [6, 6.07) is 8.34. The molecule has 0 aromatic heterocycles. The van der Waals surface area contributed by atoms with Gasteiger partial charge in [0.25, 0.3) is 0 Å². The Morgan fingerprint density at radius 1 is 1.05 bits per heavy atom. The van der Waals surface area contributed by atoms with Gasteiger partial charge >= 0.3 is 5.97 Å². The minimum atomic E-state index is -0.411. The third-order valence-corrected chi connectivity index (χ3v) is 2.83. The smallest absolute Gasteiger partial charge is 0.308 e. The lowest BCUT2D eigenvalue weighted by Crippen LogP contribution is -2.25. The summed E-state index contributed by atoms with van der Waals surface area (Å²) in [5, 5.41) is 3.24. The molecule has 0 aliphatic heterocycles. The van der Waals surface area contributed by atoms with Crippen LogP contribution < -0.4 is 5.32 Å². The summed E-state index contributed by atoms with van der Waals surface area (Å²) in [5.41, 5.74) is 2.08. The summed E-state index contributed by atoms with van der Waals surface area (Å²) >= 11 is 0. The van der Waals surface area contributed by atoms with Gasteiger partial charge in [0, 0.05) is 12.2 Å². The average molecular weight is 277 g/mol. The lowest BCUT2D eigenvalue weighted by molar-refractivity contribution is -0.154. The van der Waals surface area contributed by atoms with E-state index in [0.717, 1.165) is 5.69 Å². The second kappa shape index (κ2) is 6.29. The largest absolute Gasteiger partial charge is 0.460 e. The highest BCUT2D eigenvalue weighted by Gasteiger charge is 2.16. The van der Waals surface area contributed by atoms with Crippen LogP contribution in [0.15, 0.2) is 24.3 Å². The highest BCUT2D eigenvalue weighted by atomic mass is 16.6. The standard InChI is InChI=1S/C17H27NO2/c1-16(2,3)13-7-9-14(10-8-13)18-12-11-15(19)20-17(4,5)6/h7-10,18H,11-12H2,1-6H3. The van der Waals surface area contributed by atoms with Crippen molar-refractivity contribution >= 4 is 11.7 Å². The number of carbonyl (C=O) groups is 1. The van der Waals surface area contributed by atoms with Crippen LogP contribution in [0.3, 0.4) is 0 Å². The topological polar surface area (TPSA) is 38.3 Å². The molecule has 1 aromatic carbocycles. The van der Waals surface area contributed by atoms with Gasteiger partial charge in [-0.3, -0.25) is 4.79 Å². The summed E-state index contributed by atoms with van der Waals surface area (Å²) in [7, 11) is 0. The van der Waals surface area contributed by atoms with E-state index in [4.69, 9.17) is 4.74 Å². The number of ether oxygens (including phenoxy) is 1. The van der Waals surface area contributed by atoms with Gasteiger partial charge < -0.3 is 10.1 Å². The highest BCUT2D eigenvalue weighted by molar-refractivity contribution is 5.70. The number of hydrogen-bond donors (Lipinski definition) is 1. The van der Waals surface area contributed by atoms with Crippen LogP contribution in [-0.2, 0) is 14.9 Å². The predicted octanol–water partition coefficient (Wildman–Crippen LogP) is 4.13. The molecule has 0 atom stereocenters. The van der Waals surface area contributed by atoms with Gasteiger partial charge in [0.15, 0.2) is 0 Å². The van der Waals surface area contributed by atoms with Crippen molar-refractivity contribution in [1.29, 1.82) is 0 Å². The van der Waals surface area contributed by atoms with E-state index in [1.54, 1.807) is 0 Å². The predicted molar refractivity (Wildman–Crippen MR) is 84.1 cm³/mol. The van der Waals surface area contributed by atoms with Gasteiger partial charge in [-0.1, -0.05) is 32.9 Å². The van der Waals surface area contributed by atoms with Gasteiger partial charge in [-0.2, -0.15) is 0 Å². The SMILES string of the molecule is CC(C)(C)OC(=O)CCNc1ccc(C(C)(C)C)cc1. The number of anilines is 1. The molecule has 0 amide bonds. The number of esters is 1. The Morgan fingerprint density at radius 2 is 1.60 bits per heavy atom. The molecule has 0 unspecified atom stereocenters. The lowest BCUT2D eigenvalue weighted by atomic mass is 9.87.